The summed E-state index contributed by atoms with van der Waals surface area (Å²) < 4.78 is 40.9. The molecule has 1 aliphatic heterocycles. The molecular weight excluding hydrogens is 365 g/mol. The van der Waals surface area contributed by atoms with Gasteiger partial charge in [-0.15, -0.1) is 11.3 Å². The van der Waals surface area contributed by atoms with Gasteiger partial charge < -0.3 is 10.2 Å². The second kappa shape index (κ2) is 7.11. The lowest BCUT2D eigenvalue weighted by atomic mass is 10.0. The zero-order valence-corrected chi connectivity index (χ0v) is 14.6. The van der Waals surface area contributed by atoms with E-state index in [4.69, 9.17) is 0 Å². The zero-order chi connectivity index (χ0) is 18.9. The molecule has 3 rings (SSSR count). The van der Waals surface area contributed by atoms with Crippen LogP contribution in [0.15, 0.2) is 42.3 Å². The summed E-state index contributed by atoms with van der Waals surface area (Å²) in [6.45, 7) is 2.64. The van der Waals surface area contributed by atoms with Gasteiger partial charge in [0.05, 0.1) is 18.4 Å². The average Bonchev–Trinajstić information content (AvgIpc) is 3.19. The van der Waals surface area contributed by atoms with E-state index in [1.807, 2.05) is 29.6 Å². The molecule has 1 aromatic carbocycles. The first kappa shape index (κ1) is 18.4. The van der Waals surface area contributed by atoms with Crippen molar-refractivity contribution >= 4 is 33.2 Å². The number of rotatable bonds is 4. The van der Waals surface area contributed by atoms with E-state index in [9.17, 15) is 22.8 Å². The molecule has 1 aliphatic rings. The number of amides is 2. The van der Waals surface area contributed by atoms with Crippen molar-refractivity contribution < 1.29 is 22.8 Å². The van der Waals surface area contributed by atoms with E-state index in [0.29, 0.717) is 0 Å². The molecule has 1 aromatic heterocycles. The number of halogens is 3. The number of benzene rings is 1. The maximum atomic E-state index is 13.3. The van der Waals surface area contributed by atoms with Crippen molar-refractivity contribution in [2.75, 3.05) is 13.1 Å². The molecule has 4 nitrogen and oxygen atoms in total. The molecule has 8 heteroatoms. The topological polar surface area (TPSA) is 49.4 Å². The van der Waals surface area contributed by atoms with Crippen molar-refractivity contribution in [2.45, 2.75) is 18.6 Å². The maximum Gasteiger partial charge on any atom is 0.395 e. The molecular formula is C18H17F3N2O2S. The fourth-order valence-corrected chi connectivity index (χ4v) is 4.13. The third-order valence-electron chi connectivity index (χ3n) is 4.51. The Morgan fingerprint density at radius 1 is 1.31 bits per heavy atom. The van der Waals surface area contributed by atoms with Gasteiger partial charge in [-0.25, -0.2) is 0 Å². The van der Waals surface area contributed by atoms with E-state index in [-0.39, 0.29) is 18.9 Å². The number of fused-ring (bicyclic) bond motifs is 1. The van der Waals surface area contributed by atoms with E-state index < -0.39 is 30.6 Å². The summed E-state index contributed by atoms with van der Waals surface area (Å²) in [5.74, 6) is -2.84. The second-order valence-corrected chi connectivity index (χ2v) is 7.11. The van der Waals surface area contributed by atoms with Crippen LogP contribution in [0.4, 0.5) is 13.2 Å². The second-order valence-electron chi connectivity index (χ2n) is 6.20. The minimum Gasteiger partial charge on any atom is -0.347 e. The predicted molar refractivity (Wildman–Crippen MR) is 93.8 cm³/mol. The highest BCUT2D eigenvalue weighted by atomic mass is 32.1. The Kier molecular flexibility index (Phi) is 5.04. The lowest BCUT2D eigenvalue weighted by Gasteiger charge is -2.21. The molecule has 0 radical (unpaired) electrons. The van der Waals surface area contributed by atoms with Crippen LogP contribution >= 0.6 is 11.3 Å². The van der Waals surface area contributed by atoms with Gasteiger partial charge in [0.2, 0.25) is 11.8 Å². The van der Waals surface area contributed by atoms with Crippen LogP contribution in [0.25, 0.3) is 10.1 Å². The number of alkyl halides is 3. The minimum absolute atomic E-state index is 0.0384. The van der Waals surface area contributed by atoms with Crippen LogP contribution in [0, 0.1) is 5.92 Å². The molecule has 0 saturated carbocycles. The van der Waals surface area contributed by atoms with Gasteiger partial charge in [-0.1, -0.05) is 24.8 Å². The van der Waals surface area contributed by atoms with Crippen molar-refractivity contribution in [3.8, 4) is 0 Å². The van der Waals surface area contributed by atoms with Crippen LogP contribution in [0.3, 0.4) is 0 Å². The molecule has 0 unspecified atom stereocenters. The van der Waals surface area contributed by atoms with Gasteiger partial charge in [0.1, 0.15) is 0 Å². The predicted octanol–water partition coefficient (Wildman–Crippen LogP) is 3.14. The van der Waals surface area contributed by atoms with Crippen LogP contribution < -0.4 is 5.32 Å². The summed E-state index contributed by atoms with van der Waals surface area (Å²) in [7, 11) is 0. The van der Waals surface area contributed by atoms with E-state index in [1.54, 1.807) is 0 Å². The van der Waals surface area contributed by atoms with Gasteiger partial charge in [0.15, 0.2) is 0 Å². The fraction of sp³-hybridized carbons (Fsp3) is 0.333. The number of likely N-dealkylation sites (tertiary alicyclic amines) is 1. The number of hydrogen-bond acceptors (Lipinski definition) is 3. The van der Waals surface area contributed by atoms with Crippen molar-refractivity contribution in [3.63, 3.8) is 0 Å². The number of hydrogen-bond donors (Lipinski definition) is 1. The van der Waals surface area contributed by atoms with Gasteiger partial charge in [-0.2, -0.15) is 13.2 Å². The molecule has 2 amide bonds. The highest BCUT2D eigenvalue weighted by molar-refractivity contribution is 7.17. The molecule has 2 atom stereocenters. The first-order valence-corrected chi connectivity index (χ1v) is 8.90. The van der Waals surface area contributed by atoms with E-state index >= 15 is 0 Å². The van der Waals surface area contributed by atoms with Crippen molar-refractivity contribution in [2.24, 2.45) is 5.92 Å². The van der Waals surface area contributed by atoms with Crippen LogP contribution in [-0.4, -0.2) is 42.0 Å². The molecule has 2 heterocycles. The Bertz CT molecular complexity index is 846. The normalized spacial score (nSPS) is 20.3. The lowest BCUT2D eigenvalue weighted by molar-refractivity contribution is -0.175. The molecule has 26 heavy (non-hydrogen) atoms. The summed E-state index contributed by atoms with van der Waals surface area (Å²) in [6.07, 6.45) is -3.53. The van der Waals surface area contributed by atoms with Crippen molar-refractivity contribution in [3.05, 3.63) is 47.9 Å². The Morgan fingerprint density at radius 2 is 2.04 bits per heavy atom. The van der Waals surface area contributed by atoms with Crippen molar-refractivity contribution in [1.82, 2.24) is 10.2 Å². The summed E-state index contributed by atoms with van der Waals surface area (Å²) in [6, 6.07) is 6.42. The lowest BCUT2D eigenvalue weighted by Crippen LogP contribution is -2.44. The Labute approximate surface area is 152 Å². The Hall–Kier alpha value is -2.35. The molecule has 0 bridgehead atoms. The van der Waals surface area contributed by atoms with Gasteiger partial charge in [0, 0.05) is 17.8 Å². The average molecular weight is 382 g/mol. The number of nitrogens with one attached hydrogen (secondary N) is 1. The Balaban J connectivity index is 1.75. The van der Waals surface area contributed by atoms with Gasteiger partial charge >= 0.3 is 6.18 Å². The quantitative estimate of drug-likeness (QED) is 0.826. The zero-order valence-electron chi connectivity index (χ0n) is 13.8. The molecule has 0 aliphatic carbocycles. The highest BCUT2D eigenvalue weighted by Gasteiger charge is 2.51. The first-order valence-electron chi connectivity index (χ1n) is 8.02. The molecule has 2 aromatic rings. The van der Waals surface area contributed by atoms with Gasteiger partial charge in [-0.3, -0.25) is 9.59 Å². The summed E-state index contributed by atoms with van der Waals surface area (Å²) in [5, 5.41) is 5.09. The van der Waals surface area contributed by atoms with E-state index in [1.165, 1.54) is 16.2 Å². The van der Waals surface area contributed by atoms with Crippen LogP contribution in [0.5, 0.6) is 0 Å². The number of nitrogens with zero attached hydrogens (tertiary/aromatic N) is 1. The highest BCUT2D eigenvalue weighted by Crippen LogP contribution is 2.34. The Morgan fingerprint density at radius 3 is 2.73 bits per heavy atom. The molecule has 0 spiro atoms. The van der Waals surface area contributed by atoms with Gasteiger partial charge in [0.25, 0.3) is 0 Å². The maximum absolute atomic E-state index is 13.3. The summed E-state index contributed by atoms with van der Waals surface area (Å²) >= 11 is 1.50. The third-order valence-corrected chi connectivity index (χ3v) is 5.52. The summed E-state index contributed by atoms with van der Waals surface area (Å²) in [5.41, 5.74) is 0.803. The third kappa shape index (κ3) is 3.75. The van der Waals surface area contributed by atoms with Crippen molar-refractivity contribution in [1.29, 1.82) is 0 Å². The largest absolute Gasteiger partial charge is 0.395 e. The molecule has 1 saturated heterocycles. The number of thiophene rings is 1. The SMILES string of the molecule is C=CC(=O)N[C@@H]1CN(C(=O)Cc2csc3ccccc23)C[C@H]1C(F)(F)F. The minimum atomic E-state index is -4.50. The fourth-order valence-electron chi connectivity index (χ4n) is 3.17. The molecule has 138 valence electrons. The first-order chi connectivity index (χ1) is 12.3. The molecule has 1 N–H and O–H groups in total. The smallest absolute Gasteiger partial charge is 0.347 e. The molecule has 1 fully saturated rings. The van der Waals surface area contributed by atoms with Crippen LogP contribution in [0.1, 0.15) is 5.56 Å². The monoisotopic (exact) mass is 382 g/mol. The standard InChI is InChI=1S/C18H17F3N2O2S/c1-2-16(24)22-14-9-23(8-13(14)18(19,20)21)17(25)7-11-10-26-15-6-4-3-5-12(11)15/h2-6,10,13-14H,1,7-9H2,(H,22,24)/t13-,14-/m1/s1. The van der Waals surface area contributed by atoms with E-state index in [2.05, 4.69) is 11.9 Å². The van der Waals surface area contributed by atoms with Crippen LogP contribution in [0.2, 0.25) is 0 Å². The number of carbonyl (C=O) groups excluding carboxylic acids is 2. The van der Waals surface area contributed by atoms with Crippen LogP contribution in [-0.2, 0) is 16.0 Å². The summed E-state index contributed by atoms with van der Waals surface area (Å²) in [4.78, 5) is 25.2. The number of carbonyl (C=O) groups is 2. The van der Waals surface area contributed by atoms with E-state index in [0.717, 1.165) is 21.7 Å². The van der Waals surface area contributed by atoms with Gasteiger partial charge in [-0.05, 0) is 28.5 Å².